The summed E-state index contributed by atoms with van der Waals surface area (Å²) in [6.45, 7) is -0.868. The van der Waals surface area contributed by atoms with Crippen molar-refractivity contribution in [1.82, 2.24) is 9.97 Å². The third kappa shape index (κ3) is 4.38. The molecule has 0 unspecified atom stereocenters. The third-order valence-electron chi connectivity index (χ3n) is 3.47. The zero-order valence-corrected chi connectivity index (χ0v) is 14.9. The van der Waals surface area contributed by atoms with Gasteiger partial charge >= 0.3 is 0 Å². The third-order valence-corrected chi connectivity index (χ3v) is 4.66. The van der Waals surface area contributed by atoms with Crippen LogP contribution in [-0.2, 0) is 0 Å². The molecular formula is C16H11ClF5N3OS. The first-order chi connectivity index (χ1) is 12.9. The summed E-state index contributed by atoms with van der Waals surface area (Å²) >= 11 is 6.76. The van der Waals surface area contributed by atoms with Crippen molar-refractivity contribution in [3.05, 3.63) is 47.0 Å². The van der Waals surface area contributed by atoms with Gasteiger partial charge in [-0.15, -0.1) is 0 Å². The average molecular weight is 424 g/mol. The summed E-state index contributed by atoms with van der Waals surface area (Å²) in [5.41, 5.74) is -0.128. The van der Waals surface area contributed by atoms with Crippen LogP contribution in [0.15, 0.2) is 35.5 Å². The predicted octanol–water partition coefficient (Wildman–Crippen LogP) is 6.06. The first-order valence-electron chi connectivity index (χ1n) is 7.43. The fraction of sp³-hybridized carbons (Fsp3) is 0.188. The molecule has 27 heavy (non-hydrogen) atoms. The van der Waals surface area contributed by atoms with Crippen LogP contribution in [0.3, 0.4) is 0 Å². The quantitative estimate of drug-likeness (QED) is 0.358. The first-order valence-corrected chi connectivity index (χ1v) is 8.63. The predicted molar refractivity (Wildman–Crippen MR) is 93.4 cm³/mol. The number of H-pyrrole nitrogens is 1. The molecule has 2 aromatic heterocycles. The number of hydrogen-bond donors (Lipinski definition) is 2. The zero-order valence-electron chi connectivity index (χ0n) is 13.3. The number of fused-ring (bicyclic) bond motifs is 1. The lowest BCUT2D eigenvalue weighted by Crippen LogP contribution is -2.07. The monoisotopic (exact) mass is 423 g/mol. The minimum absolute atomic E-state index is 0.0593. The smallest absolute Gasteiger partial charge is 0.272 e. The maximum atomic E-state index is 14.0. The van der Waals surface area contributed by atoms with E-state index in [4.69, 9.17) is 11.6 Å². The van der Waals surface area contributed by atoms with E-state index >= 15 is 0 Å². The SMILES string of the molecule is Fc1cc(OCC(F)F)cnc1NSc1c[nH]c2c(C(F)F)c(Cl)ccc12. The molecule has 3 aromatic rings. The molecule has 0 radical (unpaired) electrons. The molecule has 2 N–H and O–H groups in total. The molecule has 0 bridgehead atoms. The molecule has 2 heterocycles. The van der Waals surface area contributed by atoms with Crippen molar-refractivity contribution >= 4 is 40.3 Å². The Morgan fingerprint density at radius 2 is 2.04 bits per heavy atom. The number of benzene rings is 1. The normalized spacial score (nSPS) is 11.6. The van der Waals surface area contributed by atoms with Crippen molar-refractivity contribution < 1.29 is 26.7 Å². The van der Waals surface area contributed by atoms with E-state index < -0.39 is 25.3 Å². The van der Waals surface area contributed by atoms with Gasteiger partial charge in [0.25, 0.3) is 12.9 Å². The van der Waals surface area contributed by atoms with Gasteiger partial charge < -0.3 is 14.4 Å². The number of hydrogen-bond acceptors (Lipinski definition) is 4. The second-order valence-electron chi connectivity index (χ2n) is 5.24. The standard InChI is InChI=1S/C16H11ClF5N3OS/c17-9-2-1-8-11(5-23-14(8)13(9)15(21)22)27-25-16-10(18)3-7(4-24-16)26-6-12(19)20/h1-5,12,15,23H,6H2,(H,24,25). The molecule has 0 atom stereocenters. The number of rotatable bonds is 7. The van der Waals surface area contributed by atoms with Crippen molar-refractivity contribution in [3.63, 3.8) is 0 Å². The van der Waals surface area contributed by atoms with E-state index in [-0.39, 0.29) is 27.7 Å². The second kappa shape index (κ2) is 8.22. The van der Waals surface area contributed by atoms with Gasteiger partial charge in [-0.3, -0.25) is 0 Å². The van der Waals surface area contributed by atoms with Crippen LogP contribution >= 0.6 is 23.5 Å². The molecule has 0 amide bonds. The highest BCUT2D eigenvalue weighted by Gasteiger charge is 2.19. The molecule has 1 aromatic carbocycles. The zero-order chi connectivity index (χ0) is 19.6. The van der Waals surface area contributed by atoms with Gasteiger partial charge in [0.1, 0.15) is 12.4 Å². The molecule has 0 aliphatic carbocycles. The Hall–Kier alpha value is -2.20. The maximum absolute atomic E-state index is 14.0. The van der Waals surface area contributed by atoms with Crippen molar-refractivity contribution in [1.29, 1.82) is 0 Å². The summed E-state index contributed by atoms with van der Waals surface area (Å²) < 4.78 is 71.9. The van der Waals surface area contributed by atoms with Gasteiger partial charge in [0, 0.05) is 17.6 Å². The van der Waals surface area contributed by atoms with E-state index in [9.17, 15) is 22.0 Å². The highest BCUT2D eigenvalue weighted by molar-refractivity contribution is 8.00. The Morgan fingerprint density at radius 3 is 2.70 bits per heavy atom. The van der Waals surface area contributed by atoms with Crippen molar-refractivity contribution in [3.8, 4) is 5.75 Å². The number of nitrogens with zero attached hydrogens (tertiary/aromatic N) is 1. The highest BCUT2D eigenvalue weighted by Crippen LogP contribution is 2.37. The molecule has 0 saturated heterocycles. The van der Waals surface area contributed by atoms with Crippen LogP contribution in [0.2, 0.25) is 5.02 Å². The summed E-state index contributed by atoms with van der Waals surface area (Å²) in [5.74, 6) is -1.11. The van der Waals surface area contributed by atoms with Crippen LogP contribution in [0.1, 0.15) is 12.0 Å². The van der Waals surface area contributed by atoms with Crippen LogP contribution in [0.25, 0.3) is 10.9 Å². The molecule has 0 aliphatic heterocycles. The van der Waals surface area contributed by atoms with Crippen LogP contribution in [0, 0.1) is 5.82 Å². The van der Waals surface area contributed by atoms with Crippen molar-refractivity contribution in [2.45, 2.75) is 17.7 Å². The van der Waals surface area contributed by atoms with Gasteiger partial charge in [0.15, 0.2) is 11.6 Å². The van der Waals surface area contributed by atoms with Crippen molar-refractivity contribution in [2.75, 3.05) is 11.3 Å². The molecule has 11 heteroatoms. The Bertz CT molecular complexity index is 953. The summed E-state index contributed by atoms with van der Waals surface area (Å²) in [6.07, 6.45) is -2.87. The lowest BCUT2D eigenvalue weighted by atomic mass is 10.1. The number of pyridine rings is 1. The Labute approximate surface area is 159 Å². The molecule has 0 saturated carbocycles. The Morgan fingerprint density at radius 1 is 1.26 bits per heavy atom. The Balaban J connectivity index is 1.76. The number of aromatic amines is 1. The summed E-state index contributed by atoms with van der Waals surface area (Å²) in [6, 6.07) is 3.84. The maximum Gasteiger partial charge on any atom is 0.272 e. The second-order valence-corrected chi connectivity index (χ2v) is 6.50. The van der Waals surface area contributed by atoms with E-state index in [1.807, 2.05) is 0 Å². The molecular weight excluding hydrogens is 413 g/mol. The molecule has 144 valence electrons. The number of halogens is 6. The molecule has 0 fully saturated rings. The van der Waals surface area contributed by atoms with E-state index in [1.165, 1.54) is 12.3 Å². The molecule has 4 nitrogen and oxygen atoms in total. The number of nitrogens with one attached hydrogen (secondary N) is 2. The Kier molecular flexibility index (Phi) is 5.95. The van der Waals surface area contributed by atoms with Gasteiger partial charge in [-0.25, -0.2) is 26.9 Å². The minimum Gasteiger partial charge on any atom is -0.486 e. The number of aromatic nitrogens is 2. The summed E-state index contributed by atoms with van der Waals surface area (Å²) in [5, 5.41) is 0.417. The van der Waals surface area contributed by atoms with E-state index in [1.54, 1.807) is 6.07 Å². The molecule has 3 rings (SSSR count). The highest BCUT2D eigenvalue weighted by atomic mass is 35.5. The fourth-order valence-electron chi connectivity index (χ4n) is 2.31. The van der Waals surface area contributed by atoms with Crippen LogP contribution < -0.4 is 9.46 Å². The van der Waals surface area contributed by atoms with Crippen molar-refractivity contribution in [2.24, 2.45) is 0 Å². The molecule has 0 aliphatic rings. The number of alkyl halides is 4. The van der Waals surface area contributed by atoms with E-state index in [2.05, 4.69) is 19.4 Å². The van der Waals surface area contributed by atoms with Crippen LogP contribution in [0.5, 0.6) is 5.75 Å². The van der Waals surface area contributed by atoms with Gasteiger partial charge in [-0.2, -0.15) is 0 Å². The first kappa shape index (κ1) is 19.6. The van der Waals surface area contributed by atoms with Gasteiger partial charge in [0.05, 0.1) is 27.2 Å². The van der Waals surface area contributed by atoms with Crippen LogP contribution in [-0.4, -0.2) is 23.0 Å². The molecule has 0 spiro atoms. The van der Waals surface area contributed by atoms with Gasteiger partial charge in [-0.05, 0) is 18.0 Å². The lowest BCUT2D eigenvalue weighted by Gasteiger charge is -2.09. The van der Waals surface area contributed by atoms with Crippen LogP contribution in [0.4, 0.5) is 27.8 Å². The average Bonchev–Trinajstić information content (AvgIpc) is 3.01. The summed E-state index contributed by atoms with van der Waals surface area (Å²) in [7, 11) is 0. The van der Waals surface area contributed by atoms with Gasteiger partial charge in [-0.1, -0.05) is 17.7 Å². The van der Waals surface area contributed by atoms with Gasteiger partial charge in [0.2, 0.25) is 0 Å². The van der Waals surface area contributed by atoms with E-state index in [0.29, 0.717) is 10.3 Å². The fourth-order valence-corrected chi connectivity index (χ4v) is 3.30. The van der Waals surface area contributed by atoms with E-state index in [0.717, 1.165) is 24.2 Å². The number of ether oxygens (including phenoxy) is 1. The largest absolute Gasteiger partial charge is 0.486 e. The topological polar surface area (TPSA) is 49.9 Å². The lowest BCUT2D eigenvalue weighted by molar-refractivity contribution is 0.0815. The minimum atomic E-state index is -2.76. The number of anilines is 1. The summed E-state index contributed by atoms with van der Waals surface area (Å²) in [4.78, 5) is 7.02.